The summed E-state index contributed by atoms with van der Waals surface area (Å²) in [6, 6.07) is 12.9. The van der Waals surface area contributed by atoms with E-state index in [0.29, 0.717) is 30.1 Å². The van der Waals surface area contributed by atoms with Crippen LogP contribution in [0, 0.1) is 13.8 Å². The summed E-state index contributed by atoms with van der Waals surface area (Å²) in [4.78, 5) is 28.2. The van der Waals surface area contributed by atoms with Crippen LogP contribution in [0.3, 0.4) is 0 Å². The largest absolute Gasteiger partial charge is 0.445 e. The van der Waals surface area contributed by atoms with E-state index >= 15 is 0 Å². The fourth-order valence-electron chi connectivity index (χ4n) is 3.02. The lowest BCUT2D eigenvalue weighted by Crippen LogP contribution is -2.35. The van der Waals surface area contributed by atoms with E-state index in [1.807, 2.05) is 37.3 Å². The van der Waals surface area contributed by atoms with Gasteiger partial charge in [0.2, 0.25) is 0 Å². The molecule has 7 nitrogen and oxygen atoms in total. The number of hydrogen-bond acceptors (Lipinski definition) is 6. The molecule has 1 fully saturated rings. The van der Waals surface area contributed by atoms with E-state index in [-0.39, 0.29) is 0 Å². The number of aromatic nitrogens is 2. The molecule has 1 aromatic heterocycles. The number of hydrogen-bond donors (Lipinski definition) is 1. The van der Waals surface area contributed by atoms with E-state index in [2.05, 4.69) is 10.1 Å². The maximum Gasteiger partial charge on any atom is 0.339 e. The van der Waals surface area contributed by atoms with Gasteiger partial charge >= 0.3 is 5.97 Å². The van der Waals surface area contributed by atoms with Gasteiger partial charge in [-0.1, -0.05) is 23.4 Å². The van der Waals surface area contributed by atoms with E-state index in [1.54, 1.807) is 19.1 Å². The van der Waals surface area contributed by atoms with Crippen molar-refractivity contribution in [2.24, 2.45) is 5.73 Å². The van der Waals surface area contributed by atoms with E-state index in [9.17, 15) is 9.59 Å². The number of nitrogens with zero attached hydrogens (tertiary/aromatic N) is 2. The molecule has 0 radical (unpaired) electrons. The number of esters is 1. The minimum absolute atomic E-state index is 0.379. The molecule has 7 heteroatoms. The number of carbonyl (C=O) groups is 2. The Labute approximate surface area is 161 Å². The van der Waals surface area contributed by atoms with Gasteiger partial charge in [-0.05, 0) is 54.8 Å². The van der Waals surface area contributed by atoms with Crippen molar-refractivity contribution in [3.8, 4) is 22.6 Å². The van der Waals surface area contributed by atoms with Gasteiger partial charge in [-0.3, -0.25) is 4.79 Å². The Morgan fingerprint density at radius 3 is 2.32 bits per heavy atom. The molecule has 1 saturated carbocycles. The molecule has 28 heavy (non-hydrogen) atoms. The summed E-state index contributed by atoms with van der Waals surface area (Å²) in [5.41, 5.74) is 8.23. The zero-order valence-electron chi connectivity index (χ0n) is 15.6. The second-order valence-electron chi connectivity index (χ2n) is 7.00. The second-order valence-corrected chi connectivity index (χ2v) is 7.00. The van der Waals surface area contributed by atoms with Crippen LogP contribution < -0.4 is 5.73 Å². The summed E-state index contributed by atoms with van der Waals surface area (Å²) in [5, 5.41) is 3.79. The number of rotatable bonds is 5. The summed E-state index contributed by atoms with van der Waals surface area (Å²) in [6.45, 7) is 3.73. The fraction of sp³-hybridized carbons (Fsp3) is 0.238. The van der Waals surface area contributed by atoms with Gasteiger partial charge in [-0.2, -0.15) is 4.98 Å². The minimum Gasteiger partial charge on any atom is -0.445 e. The molecule has 0 atom stereocenters. The van der Waals surface area contributed by atoms with Crippen LogP contribution in [-0.2, 0) is 9.53 Å². The highest BCUT2D eigenvalue weighted by atomic mass is 16.6. The van der Waals surface area contributed by atoms with E-state index in [4.69, 9.17) is 15.0 Å². The molecular formula is C21H19N3O4. The third-order valence-corrected chi connectivity index (χ3v) is 4.88. The Hall–Kier alpha value is -3.48. The van der Waals surface area contributed by atoms with Crippen LogP contribution in [0.25, 0.3) is 22.6 Å². The van der Waals surface area contributed by atoms with Gasteiger partial charge in [0.15, 0.2) is 11.4 Å². The molecule has 1 heterocycles. The third kappa shape index (κ3) is 3.26. The van der Waals surface area contributed by atoms with Crippen LogP contribution in [0.15, 0.2) is 47.0 Å². The zero-order valence-corrected chi connectivity index (χ0v) is 15.6. The highest BCUT2D eigenvalue weighted by molar-refractivity contribution is 5.96. The van der Waals surface area contributed by atoms with Gasteiger partial charge in [-0.25, -0.2) is 4.79 Å². The molecule has 0 bridgehead atoms. The maximum atomic E-state index is 12.5. The van der Waals surface area contributed by atoms with Crippen molar-refractivity contribution in [3.63, 3.8) is 0 Å². The second kappa shape index (κ2) is 6.60. The van der Waals surface area contributed by atoms with Crippen LogP contribution in [-0.4, -0.2) is 27.6 Å². The summed E-state index contributed by atoms with van der Waals surface area (Å²) < 4.78 is 10.5. The van der Waals surface area contributed by atoms with Crippen molar-refractivity contribution < 1.29 is 18.8 Å². The highest BCUT2D eigenvalue weighted by Crippen LogP contribution is 2.40. The smallest absolute Gasteiger partial charge is 0.339 e. The molecule has 3 aromatic rings. The molecule has 2 aromatic carbocycles. The van der Waals surface area contributed by atoms with Crippen molar-refractivity contribution in [3.05, 3.63) is 59.4 Å². The van der Waals surface area contributed by atoms with Gasteiger partial charge in [0.1, 0.15) is 0 Å². The van der Waals surface area contributed by atoms with E-state index in [1.165, 1.54) is 0 Å². The Morgan fingerprint density at radius 2 is 1.75 bits per heavy atom. The molecule has 2 N–H and O–H groups in total. The van der Waals surface area contributed by atoms with Gasteiger partial charge in [-0.15, -0.1) is 0 Å². The number of carbonyl (C=O) groups excluding carboxylic acids is 2. The molecule has 0 aliphatic heterocycles. The van der Waals surface area contributed by atoms with Gasteiger partial charge in [0.05, 0.1) is 5.56 Å². The van der Waals surface area contributed by atoms with Crippen molar-refractivity contribution in [1.29, 1.82) is 0 Å². The Balaban J connectivity index is 1.60. The Kier molecular flexibility index (Phi) is 4.22. The average Bonchev–Trinajstić information content (AvgIpc) is 3.34. The molecule has 0 spiro atoms. The van der Waals surface area contributed by atoms with Crippen LogP contribution in [0.5, 0.6) is 0 Å². The summed E-state index contributed by atoms with van der Waals surface area (Å²) in [6.07, 6.45) is 0.951. The molecule has 0 saturated heterocycles. The first-order valence-corrected chi connectivity index (χ1v) is 8.93. The lowest BCUT2D eigenvalue weighted by molar-refractivity contribution is -0.128. The lowest BCUT2D eigenvalue weighted by atomic mass is 9.97. The van der Waals surface area contributed by atoms with Crippen molar-refractivity contribution in [1.82, 2.24) is 10.1 Å². The van der Waals surface area contributed by atoms with Gasteiger partial charge in [0, 0.05) is 18.4 Å². The quantitative estimate of drug-likeness (QED) is 0.684. The Morgan fingerprint density at radius 1 is 1.07 bits per heavy atom. The SMILES string of the molecule is Cc1noc(-c2ccc(-c3cc(C(=O)OC4(C(N)=O)CC4)ccc3C)cc2)n1. The Bertz CT molecular complexity index is 1070. The van der Waals surface area contributed by atoms with E-state index < -0.39 is 17.5 Å². The number of amides is 1. The normalized spacial score (nSPS) is 14.5. The topological polar surface area (TPSA) is 108 Å². The minimum atomic E-state index is -1.13. The number of ether oxygens (including phenoxy) is 1. The molecule has 1 amide bonds. The maximum absolute atomic E-state index is 12.5. The fourth-order valence-corrected chi connectivity index (χ4v) is 3.02. The van der Waals surface area contributed by atoms with Crippen molar-refractivity contribution in [2.75, 3.05) is 0 Å². The molecule has 142 valence electrons. The predicted molar refractivity (Wildman–Crippen MR) is 101 cm³/mol. The van der Waals surface area contributed by atoms with E-state index in [0.717, 1.165) is 22.3 Å². The molecule has 1 aliphatic rings. The first-order valence-electron chi connectivity index (χ1n) is 8.93. The number of primary amides is 1. The summed E-state index contributed by atoms with van der Waals surface area (Å²) >= 11 is 0. The number of aryl methyl sites for hydroxylation is 2. The van der Waals surface area contributed by atoms with Gasteiger partial charge < -0.3 is 15.0 Å². The predicted octanol–water partition coefficient (Wildman–Crippen LogP) is 3.20. The average molecular weight is 377 g/mol. The molecular weight excluding hydrogens is 358 g/mol. The summed E-state index contributed by atoms with van der Waals surface area (Å²) in [5.74, 6) is -0.111. The monoisotopic (exact) mass is 377 g/mol. The number of nitrogens with two attached hydrogens (primary N) is 1. The highest BCUT2D eigenvalue weighted by Gasteiger charge is 2.53. The third-order valence-electron chi connectivity index (χ3n) is 4.88. The number of benzene rings is 2. The van der Waals surface area contributed by atoms with Gasteiger partial charge in [0.25, 0.3) is 11.8 Å². The van der Waals surface area contributed by atoms with Crippen molar-refractivity contribution in [2.45, 2.75) is 32.3 Å². The first-order chi connectivity index (χ1) is 13.4. The molecule has 1 aliphatic carbocycles. The first kappa shape index (κ1) is 17.9. The van der Waals surface area contributed by atoms with Crippen LogP contribution in [0.2, 0.25) is 0 Å². The lowest BCUT2D eigenvalue weighted by Gasteiger charge is -2.14. The van der Waals surface area contributed by atoms with Crippen molar-refractivity contribution >= 4 is 11.9 Å². The summed E-state index contributed by atoms with van der Waals surface area (Å²) in [7, 11) is 0. The van der Waals surface area contributed by atoms with Crippen LogP contribution >= 0.6 is 0 Å². The van der Waals surface area contributed by atoms with Crippen LogP contribution in [0.1, 0.15) is 34.6 Å². The molecule has 0 unspecified atom stereocenters. The molecule has 4 rings (SSSR count). The zero-order chi connectivity index (χ0) is 19.9. The van der Waals surface area contributed by atoms with Crippen LogP contribution in [0.4, 0.5) is 0 Å². The standard InChI is InChI=1S/C21H19N3O4/c1-12-3-4-16(19(25)27-21(9-10-21)20(22)26)11-17(12)14-5-7-15(8-6-14)18-23-13(2)24-28-18/h3-8,11H,9-10H2,1-2H3,(H2,22,26).